The van der Waals surface area contributed by atoms with Gasteiger partial charge in [0.2, 0.25) is 0 Å². The van der Waals surface area contributed by atoms with Crippen LogP contribution in [0, 0.1) is 0 Å². The molecular weight excluding hydrogens is 753 g/mol. The second kappa shape index (κ2) is 13.4. The third-order valence-electron chi connectivity index (χ3n) is 13.2. The first-order valence-corrected chi connectivity index (χ1v) is 21.3. The van der Waals surface area contributed by atoms with Gasteiger partial charge in [-0.1, -0.05) is 152 Å². The van der Waals surface area contributed by atoms with E-state index in [9.17, 15) is 0 Å². The maximum absolute atomic E-state index is 7.01. The van der Waals surface area contributed by atoms with Crippen LogP contribution in [0.15, 0.2) is 235 Å². The first-order chi connectivity index (χ1) is 30.8. The van der Waals surface area contributed by atoms with Crippen LogP contribution < -0.4 is 9.80 Å². The number of hydrogen-bond donors (Lipinski definition) is 0. The van der Waals surface area contributed by atoms with Gasteiger partial charge in [-0.15, -0.1) is 0 Å². The lowest BCUT2D eigenvalue weighted by molar-refractivity contribution is 0.667. The summed E-state index contributed by atoms with van der Waals surface area (Å²) in [5.74, 6) is 0. The molecule has 0 fully saturated rings. The van der Waals surface area contributed by atoms with Gasteiger partial charge in [0.05, 0.1) is 5.41 Å². The Morgan fingerprint density at radius 3 is 1.37 bits per heavy atom. The van der Waals surface area contributed by atoms with E-state index in [0.29, 0.717) is 0 Å². The highest BCUT2D eigenvalue weighted by Gasteiger charge is 2.51. The molecule has 290 valence electrons. The highest BCUT2D eigenvalue weighted by atomic mass is 16.3. The molecule has 10 aromatic carbocycles. The van der Waals surface area contributed by atoms with Crippen molar-refractivity contribution in [1.29, 1.82) is 0 Å². The predicted molar refractivity (Wildman–Crippen MR) is 257 cm³/mol. The average molecular weight is 791 g/mol. The molecule has 0 amide bonds. The number of fused-ring (bicyclic) bond motifs is 13. The summed E-state index contributed by atoms with van der Waals surface area (Å²) >= 11 is 0. The Labute approximate surface area is 360 Å². The molecule has 2 aliphatic carbocycles. The lowest BCUT2D eigenvalue weighted by Crippen LogP contribution is -2.32. The van der Waals surface area contributed by atoms with Crippen molar-refractivity contribution in [3.8, 4) is 22.3 Å². The summed E-state index contributed by atoms with van der Waals surface area (Å²) in [6.45, 7) is 0. The summed E-state index contributed by atoms with van der Waals surface area (Å²) in [6.07, 6.45) is 0. The van der Waals surface area contributed by atoms with Crippen molar-refractivity contribution in [3.05, 3.63) is 253 Å². The molecule has 1 aromatic heterocycles. The second-order valence-corrected chi connectivity index (χ2v) is 16.4. The number of benzene rings is 10. The van der Waals surface area contributed by atoms with Crippen LogP contribution in [0.2, 0.25) is 0 Å². The van der Waals surface area contributed by atoms with E-state index in [-0.39, 0.29) is 0 Å². The van der Waals surface area contributed by atoms with Gasteiger partial charge in [0.1, 0.15) is 11.2 Å². The van der Waals surface area contributed by atoms with Crippen molar-refractivity contribution in [2.45, 2.75) is 5.41 Å². The zero-order valence-corrected chi connectivity index (χ0v) is 33.7. The smallest absolute Gasteiger partial charge is 0.143 e. The normalized spacial score (nSPS) is 13.0. The monoisotopic (exact) mass is 790 g/mol. The van der Waals surface area contributed by atoms with Gasteiger partial charge < -0.3 is 14.2 Å². The third-order valence-corrected chi connectivity index (χ3v) is 13.2. The van der Waals surface area contributed by atoms with Crippen LogP contribution in [0.3, 0.4) is 0 Å². The lowest BCUT2D eigenvalue weighted by atomic mass is 9.61. The summed E-state index contributed by atoms with van der Waals surface area (Å²) in [5.41, 5.74) is 17.6. The topological polar surface area (TPSA) is 19.6 Å². The minimum atomic E-state index is -0.717. The van der Waals surface area contributed by atoms with Gasteiger partial charge in [0.15, 0.2) is 0 Å². The maximum atomic E-state index is 7.01. The first-order valence-electron chi connectivity index (χ1n) is 21.3. The van der Waals surface area contributed by atoms with Gasteiger partial charge in [-0.25, -0.2) is 0 Å². The standard InChI is InChI=1S/C59H38N2O/c1-5-19-40(20-6-1)60(41-21-7-2-8-22-41)44-31-33-46-47-34-32-45(61(42-23-9-3-10-24-42)43-25-11-4-12-26-43)38-54(47)59(53(46)37-44)51-29-16-18-39-17-15-28-50(56(39)51)57-52(59)36-35-49-48-27-13-14-30-55(48)62-58(49)57/h1-38H. The molecule has 0 bridgehead atoms. The van der Waals surface area contributed by atoms with Gasteiger partial charge in [0.25, 0.3) is 0 Å². The molecule has 0 atom stereocenters. The molecule has 13 rings (SSSR count). The third kappa shape index (κ3) is 4.88. The van der Waals surface area contributed by atoms with Crippen LogP contribution in [0.25, 0.3) is 55.0 Å². The summed E-state index contributed by atoms with van der Waals surface area (Å²) in [4.78, 5) is 4.77. The average Bonchev–Trinajstić information content (AvgIpc) is 3.85. The molecule has 3 heteroatoms. The number of furan rings is 1. The molecule has 1 heterocycles. The van der Waals surface area contributed by atoms with E-state index in [1.54, 1.807) is 0 Å². The van der Waals surface area contributed by atoms with Crippen LogP contribution in [-0.4, -0.2) is 0 Å². The van der Waals surface area contributed by atoms with Crippen molar-refractivity contribution in [2.24, 2.45) is 0 Å². The molecule has 0 radical (unpaired) electrons. The Morgan fingerprint density at radius 1 is 0.323 bits per heavy atom. The van der Waals surface area contributed by atoms with Crippen LogP contribution >= 0.6 is 0 Å². The molecule has 11 aromatic rings. The Bertz CT molecular complexity index is 3310. The second-order valence-electron chi connectivity index (χ2n) is 16.4. The minimum absolute atomic E-state index is 0.717. The molecule has 0 saturated carbocycles. The van der Waals surface area contributed by atoms with Crippen LogP contribution in [0.4, 0.5) is 34.1 Å². The maximum Gasteiger partial charge on any atom is 0.143 e. The van der Waals surface area contributed by atoms with Gasteiger partial charge >= 0.3 is 0 Å². The number of para-hydroxylation sites is 5. The summed E-state index contributed by atoms with van der Waals surface area (Å²) in [5, 5.41) is 4.73. The largest absolute Gasteiger partial charge is 0.455 e. The number of anilines is 6. The SMILES string of the molecule is c1ccc(N(c2ccccc2)c2ccc3c(c2)C2(c4cc(N(c5ccccc5)c5ccccc5)ccc4-3)c3ccc4c(oc5ccccc54)c3-c3cccc4cccc2c34)cc1. The Hall–Kier alpha value is -8.14. The molecule has 62 heavy (non-hydrogen) atoms. The van der Waals surface area contributed by atoms with Gasteiger partial charge in [-0.3, -0.25) is 0 Å². The van der Waals surface area contributed by atoms with E-state index in [2.05, 4.69) is 240 Å². The van der Waals surface area contributed by atoms with Crippen LogP contribution in [0.1, 0.15) is 22.3 Å². The minimum Gasteiger partial charge on any atom is -0.455 e. The fraction of sp³-hybridized carbons (Fsp3) is 0.0169. The van der Waals surface area contributed by atoms with Crippen LogP contribution in [0.5, 0.6) is 0 Å². The van der Waals surface area contributed by atoms with Crippen molar-refractivity contribution in [2.75, 3.05) is 9.80 Å². The highest BCUT2D eigenvalue weighted by molar-refractivity contribution is 6.17. The Balaban J connectivity index is 1.18. The summed E-state index contributed by atoms with van der Waals surface area (Å²) < 4.78 is 7.01. The van der Waals surface area contributed by atoms with Crippen molar-refractivity contribution >= 4 is 66.8 Å². The Morgan fingerprint density at radius 2 is 0.823 bits per heavy atom. The Kier molecular flexibility index (Phi) is 7.52. The quantitative estimate of drug-likeness (QED) is 0.167. The zero-order valence-electron chi connectivity index (χ0n) is 33.7. The fourth-order valence-corrected chi connectivity index (χ4v) is 10.7. The molecule has 0 unspecified atom stereocenters. The van der Waals surface area contributed by atoms with Crippen LogP contribution in [-0.2, 0) is 5.41 Å². The van der Waals surface area contributed by atoms with E-state index < -0.39 is 5.41 Å². The zero-order chi connectivity index (χ0) is 40.8. The summed E-state index contributed by atoms with van der Waals surface area (Å²) in [7, 11) is 0. The molecule has 0 saturated heterocycles. The predicted octanol–water partition coefficient (Wildman–Crippen LogP) is 16.0. The van der Waals surface area contributed by atoms with E-state index >= 15 is 0 Å². The number of rotatable bonds is 6. The first kappa shape index (κ1) is 34.7. The van der Waals surface area contributed by atoms with E-state index in [4.69, 9.17) is 4.42 Å². The fourth-order valence-electron chi connectivity index (χ4n) is 10.7. The highest BCUT2D eigenvalue weighted by Crippen LogP contribution is 2.64. The summed E-state index contributed by atoms with van der Waals surface area (Å²) in [6, 6.07) is 84.0. The van der Waals surface area contributed by atoms with Crippen molar-refractivity contribution in [3.63, 3.8) is 0 Å². The number of nitrogens with zero attached hydrogens (tertiary/aromatic N) is 2. The van der Waals surface area contributed by atoms with E-state index in [0.717, 1.165) is 61.6 Å². The molecule has 3 nitrogen and oxygen atoms in total. The molecule has 0 N–H and O–H groups in total. The van der Waals surface area contributed by atoms with Crippen molar-refractivity contribution < 1.29 is 4.42 Å². The van der Waals surface area contributed by atoms with Gasteiger partial charge in [0, 0.05) is 50.5 Å². The van der Waals surface area contributed by atoms with E-state index in [1.807, 2.05) is 0 Å². The molecular formula is C59H38N2O. The lowest BCUT2D eigenvalue weighted by Gasteiger charge is -2.40. The molecule has 1 spiro atoms. The number of hydrogen-bond acceptors (Lipinski definition) is 3. The van der Waals surface area contributed by atoms with E-state index in [1.165, 1.54) is 49.7 Å². The molecule has 0 aliphatic heterocycles. The van der Waals surface area contributed by atoms with Gasteiger partial charge in [-0.2, -0.15) is 0 Å². The molecule has 2 aliphatic rings. The van der Waals surface area contributed by atoms with Crippen molar-refractivity contribution in [1.82, 2.24) is 0 Å². The van der Waals surface area contributed by atoms with Gasteiger partial charge in [-0.05, 0) is 129 Å².